The number of thioether (sulfide) groups is 2. The summed E-state index contributed by atoms with van der Waals surface area (Å²) in [7, 11) is 0. The maximum atomic E-state index is 13.1. The normalized spacial score (nSPS) is 27.6. The van der Waals surface area contributed by atoms with E-state index in [1.807, 2.05) is 0 Å². The zero-order chi connectivity index (χ0) is 16.4. The molecule has 0 radical (unpaired) electrons. The van der Waals surface area contributed by atoms with Crippen LogP contribution in [0, 0.1) is 5.41 Å². The molecule has 1 aliphatic heterocycles. The number of rotatable bonds is 4. The van der Waals surface area contributed by atoms with Gasteiger partial charge >= 0.3 is 11.9 Å². The highest BCUT2D eigenvalue weighted by Crippen LogP contribution is 2.56. The van der Waals surface area contributed by atoms with E-state index in [2.05, 4.69) is 0 Å². The molecule has 1 saturated carbocycles. The number of carbonyl (C=O) groups excluding carboxylic acids is 1. The number of hydrogen-bond acceptors (Lipinski definition) is 6. The molecule has 2 fully saturated rings. The van der Waals surface area contributed by atoms with Crippen molar-refractivity contribution in [1.82, 2.24) is 0 Å². The van der Waals surface area contributed by atoms with Crippen LogP contribution in [0.5, 0.6) is 0 Å². The van der Waals surface area contributed by atoms with E-state index in [0.717, 1.165) is 19.3 Å². The van der Waals surface area contributed by atoms with Crippen LogP contribution < -0.4 is 0 Å². The molecule has 2 N–H and O–H groups in total. The number of carbonyl (C=O) groups is 1. The Balaban J connectivity index is 2.09. The number of aliphatic hydroxyl groups excluding tert-OH is 2. The van der Waals surface area contributed by atoms with Crippen molar-refractivity contribution in [3.8, 4) is 0 Å². The molecule has 8 heteroatoms. The van der Waals surface area contributed by atoms with Gasteiger partial charge in [-0.15, -0.1) is 23.5 Å². The summed E-state index contributed by atoms with van der Waals surface area (Å²) in [5, 5.41) is 19.0. The molecule has 0 aromatic heterocycles. The largest absolute Gasteiger partial charge is 0.456 e. The molecular weight excluding hydrogens is 334 g/mol. The Morgan fingerprint density at radius 2 is 1.86 bits per heavy atom. The third-order valence-corrected chi connectivity index (χ3v) is 8.39. The fourth-order valence-corrected chi connectivity index (χ4v) is 6.43. The molecule has 1 heterocycles. The molecule has 1 aliphatic carbocycles. The lowest BCUT2D eigenvalue weighted by Gasteiger charge is -2.49. The van der Waals surface area contributed by atoms with Crippen LogP contribution in [-0.4, -0.2) is 57.0 Å². The van der Waals surface area contributed by atoms with Crippen LogP contribution in [0.1, 0.15) is 32.6 Å². The van der Waals surface area contributed by atoms with E-state index < -0.39 is 27.5 Å². The number of alkyl halides is 2. The number of esters is 1. The van der Waals surface area contributed by atoms with Crippen LogP contribution in [-0.2, 0) is 9.53 Å². The molecule has 1 atom stereocenters. The van der Waals surface area contributed by atoms with Crippen molar-refractivity contribution in [3.05, 3.63) is 0 Å². The minimum atomic E-state index is -3.48. The monoisotopic (exact) mass is 356 g/mol. The van der Waals surface area contributed by atoms with E-state index >= 15 is 0 Å². The average Bonchev–Trinajstić information content (AvgIpc) is 2.50. The zero-order valence-electron chi connectivity index (χ0n) is 12.5. The number of ether oxygens (including phenoxy) is 1. The van der Waals surface area contributed by atoms with Crippen molar-refractivity contribution >= 4 is 29.5 Å². The Hall–Kier alpha value is -0.0500. The van der Waals surface area contributed by atoms with Crippen LogP contribution in [0.25, 0.3) is 0 Å². The van der Waals surface area contributed by atoms with E-state index in [0.29, 0.717) is 24.9 Å². The first kappa shape index (κ1) is 18.3. The summed E-state index contributed by atoms with van der Waals surface area (Å²) in [6, 6.07) is 0. The molecule has 0 bridgehead atoms. The number of hydrogen-bond donors (Lipinski definition) is 2. The summed E-state index contributed by atoms with van der Waals surface area (Å²) in [6.07, 6.45) is 2.61. The molecule has 128 valence electrons. The minimum Gasteiger partial charge on any atom is -0.456 e. The Kier molecular flexibility index (Phi) is 5.68. The lowest BCUT2D eigenvalue weighted by molar-refractivity contribution is -0.176. The Labute approximate surface area is 137 Å². The first-order valence-corrected chi connectivity index (χ1v) is 9.33. The summed E-state index contributed by atoms with van der Waals surface area (Å²) in [6.45, 7) is 0.322. The maximum absolute atomic E-state index is 13.1. The highest BCUT2D eigenvalue weighted by Gasteiger charge is 2.51. The van der Waals surface area contributed by atoms with E-state index in [9.17, 15) is 23.8 Å². The van der Waals surface area contributed by atoms with Gasteiger partial charge in [-0.25, -0.2) is 4.79 Å². The smallest absolute Gasteiger partial charge is 0.377 e. The molecule has 1 spiro atoms. The second kappa shape index (κ2) is 6.83. The van der Waals surface area contributed by atoms with Crippen LogP contribution in [0.3, 0.4) is 0 Å². The lowest BCUT2D eigenvalue weighted by Crippen LogP contribution is -2.51. The predicted molar refractivity (Wildman–Crippen MR) is 83.2 cm³/mol. The van der Waals surface area contributed by atoms with Crippen LogP contribution in [0.15, 0.2) is 0 Å². The topological polar surface area (TPSA) is 66.8 Å². The molecule has 0 amide bonds. The van der Waals surface area contributed by atoms with Gasteiger partial charge in [0.25, 0.3) is 0 Å². The first-order valence-electron chi connectivity index (χ1n) is 7.35. The molecule has 0 aromatic rings. The second-order valence-electron chi connectivity index (χ2n) is 6.23. The fraction of sp³-hybridized carbons (Fsp3) is 0.929. The van der Waals surface area contributed by atoms with Crippen LogP contribution >= 0.6 is 23.5 Å². The highest BCUT2D eigenvalue weighted by molar-refractivity contribution is 8.18. The third kappa shape index (κ3) is 3.71. The fourth-order valence-electron chi connectivity index (χ4n) is 2.66. The Morgan fingerprint density at radius 1 is 1.27 bits per heavy atom. The number of aliphatic hydroxyl groups is 2. The van der Waals surface area contributed by atoms with Crippen molar-refractivity contribution in [2.24, 2.45) is 5.41 Å². The van der Waals surface area contributed by atoms with Crippen molar-refractivity contribution in [2.75, 3.05) is 24.7 Å². The van der Waals surface area contributed by atoms with E-state index in [-0.39, 0.29) is 13.2 Å². The molecule has 2 rings (SSSR count). The van der Waals surface area contributed by atoms with E-state index in [1.165, 1.54) is 23.5 Å². The van der Waals surface area contributed by atoms with Crippen molar-refractivity contribution < 1.29 is 28.5 Å². The van der Waals surface area contributed by atoms with E-state index in [1.54, 1.807) is 0 Å². The standard InChI is InChI=1S/C14H22F2O4S2/c1-12(15,16)11(19)20-10-4-2-3-5-14(10)21-8-13(6-17,7-18)9-22-14/h10,17-18H,2-9H2,1H3. The Bertz CT molecular complexity index is 400. The van der Waals surface area contributed by atoms with E-state index in [4.69, 9.17) is 4.74 Å². The molecular formula is C14H22F2O4S2. The SMILES string of the molecule is CC(F)(F)C(=O)OC1CCCCC12SCC(CO)(CO)CS2. The van der Waals surface area contributed by atoms with Gasteiger partial charge in [0.1, 0.15) is 6.10 Å². The number of halogens is 2. The quantitative estimate of drug-likeness (QED) is 0.754. The summed E-state index contributed by atoms with van der Waals surface area (Å²) < 4.78 is 30.9. The van der Waals surface area contributed by atoms with Gasteiger partial charge in [0, 0.05) is 23.8 Å². The summed E-state index contributed by atoms with van der Waals surface area (Å²) in [4.78, 5) is 11.5. The van der Waals surface area contributed by atoms with Gasteiger partial charge in [-0.05, 0) is 19.3 Å². The molecule has 1 saturated heterocycles. The second-order valence-corrected chi connectivity index (χ2v) is 9.10. The predicted octanol–water partition coefficient (Wildman–Crippen LogP) is 2.27. The molecule has 22 heavy (non-hydrogen) atoms. The summed E-state index contributed by atoms with van der Waals surface area (Å²) in [5.74, 6) is -3.89. The van der Waals surface area contributed by atoms with Gasteiger partial charge in [0.15, 0.2) is 0 Å². The molecule has 2 aliphatic rings. The van der Waals surface area contributed by atoms with Crippen molar-refractivity contribution in [1.29, 1.82) is 0 Å². The highest BCUT2D eigenvalue weighted by atomic mass is 32.2. The molecule has 4 nitrogen and oxygen atoms in total. The maximum Gasteiger partial charge on any atom is 0.377 e. The van der Waals surface area contributed by atoms with Gasteiger partial charge in [-0.2, -0.15) is 8.78 Å². The summed E-state index contributed by atoms with van der Waals surface area (Å²) in [5.41, 5.74) is -0.554. The van der Waals surface area contributed by atoms with Crippen molar-refractivity contribution in [2.45, 2.75) is 48.7 Å². The lowest BCUT2D eigenvalue weighted by atomic mass is 9.95. The zero-order valence-corrected chi connectivity index (χ0v) is 14.2. The van der Waals surface area contributed by atoms with Gasteiger partial charge in [-0.1, -0.05) is 6.42 Å². The van der Waals surface area contributed by atoms with Crippen LogP contribution in [0.4, 0.5) is 8.78 Å². The molecule has 1 unspecified atom stereocenters. The van der Waals surface area contributed by atoms with Gasteiger partial charge in [0.05, 0.1) is 17.3 Å². The first-order chi connectivity index (χ1) is 10.3. The minimum absolute atomic E-state index is 0.114. The third-order valence-electron chi connectivity index (χ3n) is 4.26. The van der Waals surface area contributed by atoms with Crippen molar-refractivity contribution in [3.63, 3.8) is 0 Å². The van der Waals surface area contributed by atoms with Gasteiger partial charge in [-0.3, -0.25) is 0 Å². The average molecular weight is 356 g/mol. The van der Waals surface area contributed by atoms with Gasteiger partial charge < -0.3 is 14.9 Å². The summed E-state index contributed by atoms with van der Waals surface area (Å²) >= 11 is 3.05. The molecule has 0 aromatic carbocycles. The Morgan fingerprint density at radius 3 is 2.36 bits per heavy atom. The van der Waals surface area contributed by atoms with Crippen LogP contribution in [0.2, 0.25) is 0 Å². The van der Waals surface area contributed by atoms with Gasteiger partial charge in [0.2, 0.25) is 0 Å².